The molecule has 0 aliphatic carbocycles. The number of pyridine rings is 1. The molecule has 1 saturated heterocycles. The van der Waals surface area contributed by atoms with E-state index >= 15 is 0 Å². The second-order valence-corrected chi connectivity index (χ2v) is 4.63. The molecule has 0 saturated carbocycles. The van der Waals surface area contributed by atoms with Gasteiger partial charge in [0.05, 0.1) is 6.54 Å². The van der Waals surface area contributed by atoms with Crippen LogP contribution in [0.5, 0.6) is 0 Å². The molecule has 0 spiro atoms. The van der Waals surface area contributed by atoms with E-state index in [4.69, 9.17) is 5.11 Å². The maximum absolute atomic E-state index is 12.3. The van der Waals surface area contributed by atoms with Gasteiger partial charge >= 0.3 is 5.97 Å². The van der Waals surface area contributed by atoms with Gasteiger partial charge in [0.2, 0.25) is 0 Å². The normalized spacial score (nSPS) is 16.4. The second kappa shape index (κ2) is 5.79. The summed E-state index contributed by atoms with van der Waals surface area (Å²) in [7, 11) is 0. The van der Waals surface area contributed by atoms with Crippen molar-refractivity contribution in [3.63, 3.8) is 0 Å². The van der Waals surface area contributed by atoms with Gasteiger partial charge in [-0.2, -0.15) is 0 Å². The molecule has 6 nitrogen and oxygen atoms in total. The number of amides is 1. The van der Waals surface area contributed by atoms with E-state index in [-0.39, 0.29) is 12.5 Å². The van der Waals surface area contributed by atoms with Gasteiger partial charge in [0.1, 0.15) is 5.69 Å². The Bertz CT molecular complexity index is 482. The zero-order valence-corrected chi connectivity index (χ0v) is 10.9. The van der Waals surface area contributed by atoms with Crippen LogP contribution < -0.4 is 0 Å². The van der Waals surface area contributed by atoms with Crippen LogP contribution in [0.2, 0.25) is 0 Å². The van der Waals surface area contributed by atoms with Crippen molar-refractivity contribution < 1.29 is 14.7 Å². The number of carbonyl (C=O) groups is 2. The van der Waals surface area contributed by atoms with Crippen LogP contribution in [0.1, 0.15) is 16.1 Å². The van der Waals surface area contributed by atoms with E-state index in [1.807, 2.05) is 17.9 Å². The molecule has 0 aromatic carbocycles. The van der Waals surface area contributed by atoms with Crippen LogP contribution >= 0.6 is 0 Å². The number of carbonyl (C=O) groups excluding carboxylic acids is 1. The van der Waals surface area contributed by atoms with Gasteiger partial charge in [-0.05, 0) is 18.6 Å². The number of carboxylic acid groups (broad SMARTS) is 1. The predicted molar refractivity (Wildman–Crippen MR) is 69.0 cm³/mol. The fourth-order valence-electron chi connectivity index (χ4n) is 2.16. The summed E-state index contributed by atoms with van der Waals surface area (Å²) in [4.78, 5) is 30.6. The molecule has 1 fully saturated rings. The van der Waals surface area contributed by atoms with Crippen molar-refractivity contribution in [3.8, 4) is 0 Å². The number of piperazine rings is 1. The minimum atomic E-state index is -0.833. The highest BCUT2D eigenvalue weighted by Gasteiger charge is 2.24. The molecule has 0 radical (unpaired) electrons. The lowest BCUT2D eigenvalue weighted by molar-refractivity contribution is -0.138. The van der Waals surface area contributed by atoms with E-state index in [1.165, 1.54) is 0 Å². The molecule has 2 rings (SSSR count). The molecule has 1 N–H and O–H groups in total. The highest BCUT2D eigenvalue weighted by atomic mass is 16.4. The summed E-state index contributed by atoms with van der Waals surface area (Å²) in [6.45, 7) is 4.16. The van der Waals surface area contributed by atoms with Crippen molar-refractivity contribution in [1.29, 1.82) is 0 Å². The molecule has 0 bridgehead atoms. The molecule has 1 aliphatic rings. The first-order chi connectivity index (χ1) is 9.08. The Labute approximate surface area is 111 Å². The molecule has 0 unspecified atom stereocenters. The summed E-state index contributed by atoms with van der Waals surface area (Å²) in [5.41, 5.74) is 1.34. The van der Waals surface area contributed by atoms with E-state index in [1.54, 1.807) is 17.2 Å². The van der Waals surface area contributed by atoms with Crippen molar-refractivity contribution in [3.05, 3.63) is 29.6 Å². The summed E-state index contributed by atoms with van der Waals surface area (Å²) in [5.74, 6) is -0.909. The Morgan fingerprint density at radius 2 is 2.00 bits per heavy atom. The Hall–Kier alpha value is -1.95. The number of hydrogen-bond acceptors (Lipinski definition) is 4. The molecule has 1 amide bonds. The van der Waals surface area contributed by atoms with Gasteiger partial charge in [0, 0.05) is 32.4 Å². The van der Waals surface area contributed by atoms with Gasteiger partial charge in [-0.1, -0.05) is 6.07 Å². The van der Waals surface area contributed by atoms with Crippen molar-refractivity contribution >= 4 is 11.9 Å². The molecular weight excluding hydrogens is 246 g/mol. The lowest BCUT2D eigenvalue weighted by atomic mass is 10.2. The number of carboxylic acids is 1. The van der Waals surface area contributed by atoms with Gasteiger partial charge in [-0.15, -0.1) is 0 Å². The highest BCUT2D eigenvalue weighted by Crippen LogP contribution is 2.10. The fourth-order valence-corrected chi connectivity index (χ4v) is 2.16. The first-order valence-electron chi connectivity index (χ1n) is 6.23. The molecular formula is C13H17N3O3. The van der Waals surface area contributed by atoms with Crippen molar-refractivity contribution in [1.82, 2.24) is 14.8 Å². The average molecular weight is 263 g/mol. The third-order valence-electron chi connectivity index (χ3n) is 3.23. The molecule has 1 aliphatic heterocycles. The number of hydrogen-bond donors (Lipinski definition) is 1. The zero-order valence-electron chi connectivity index (χ0n) is 10.9. The Kier molecular flexibility index (Phi) is 4.11. The third kappa shape index (κ3) is 3.29. The van der Waals surface area contributed by atoms with E-state index in [2.05, 4.69) is 4.98 Å². The Morgan fingerprint density at radius 3 is 2.58 bits per heavy atom. The number of aryl methyl sites for hydroxylation is 1. The molecule has 1 aromatic rings. The highest BCUT2D eigenvalue weighted by molar-refractivity contribution is 5.93. The van der Waals surface area contributed by atoms with Crippen LogP contribution in [0.25, 0.3) is 0 Å². The number of aromatic nitrogens is 1. The van der Waals surface area contributed by atoms with Gasteiger partial charge in [-0.3, -0.25) is 19.5 Å². The smallest absolute Gasteiger partial charge is 0.317 e. The van der Waals surface area contributed by atoms with Gasteiger partial charge in [0.25, 0.3) is 5.91 Å². The number of rotatable bonds is 3. The fraction of sp³-hybridized carbons (Fsp3) is 0.462. The third-order valence-corrected chi connectivity index (χ3v) is 3.23. The summed E-state index contributed by atoms with van der Waals surface area (Å²) >= 11 is 0. The maximum Gasteiger partial charge on any atom is 0.317 e. The molecule has 1 aromatic heterocycles. The topological polar surface area (TPSA) is 73.7 Å². The summed E-state index contributed by atoms with van der Waals surface area (Å²) in [6, 6.07) is 3.66. The molecule has 0 atom stereocenters. The summed E-state index contributed by atoms with van der Waals surface area (Å²) < 4.78 is 0. The largest absolute Gasteiger partial charge is 0.480 e. The van der Waals surface area contributed by atoms with Crippen molar-refractivity contribution in [2.24, 2.45) is 0 Å². The quantitative estimate of drug-likeness (QED) is 0.845. The van der Waals surface area contributed by atoms with Crippen molar-refractivity contribution in [2.45, 2.75) is 6.92 Å². The van der Waals surface area contributed by atoms with Crippen LogP contribution in [-0.4, -0.2) is 64.5 Å². The minimum Gasteiger partial charge on any atom is -0.480 e. The van der Waals surface area contributed by atoms with Gasteiger partial charge in [0.15, 0.2) is 0 Å². The molecule has 102 valence electrons. The first-order valence-corrected chi connectivity index (χ1v) is 6.23. The van der Waals surface area contributed by atoms with E-state index in [0.29, 0.717) is 31.9 Å². The Balaban J connectivity index is 1.96. The monoisotopic (exact) mass is 263 g/mol. The first kappa shape index (κ1) is 13.5. The Morgan fingerprint density at radius 1 is 1.32 bits per heavy atom. The van der Waals surface area contributed by atoms with Crippen LogP contribution in [0.15, 0.2) is 18.3 Å². The van der Waals surface area contributed by atoms with E-state index < -0.39 is 5.97 Å². The second-order valence-electron chi connectivity index (χ2n) is 4.63. The predicted octanol–water partition coefficient (Wildman–Crippen LogP) is 0.232. The lowest BCUT2D eigenvalue weighted by Gasteiger charge is -2.33. The minimum absolute atomic E-state index is 0.0324. The maximum atomic E-state index is 12.3. The molecule has 2 heterocycles. The van der Waals surface area contributed by atoms with Gasteiger partial charge in [-0.25, -0.2) is 0 Å². The SMILES string of the molecule is Cc1cccnc1C(=O)N1CCN(CC(=O)O)CC1. The van der Waals surface area contributed by atoms with Crippen LogP contribution in [0.4, 0.5) is 0 Å². The van der Waals surface area contributed by atoms with Crippen LogP contribution in [-0.2, 0) is 4.79 Å². The zero-order chi connectivity index (χ0) is 13.8. The number of nitrogens with zero attached hydrogens (tertiary/aromatic N) is 3. The molecule has 6 heteroatoms. The van der Waals surface area contributed by atoms with Gasteiger partial charge < -0.3 is 10.0 Å². The summed E-state index contributed by atoms with van der Waals surface area (Å²) in [5, 5.41) is 8.72. The van der Waals surface area contributed by atoms with Crippen LogP contribution in [0, 0.1) is 6.92 Å². The average Bonchev–Trinajstić information content (AvgIpc) is 2.39. The van der Waals surface area contributed by atoms with Crippen molar-refractivity contribution in [2.75, 3.05) is 32.7 Å². The standard InChI is InChI=1S/C13H17N3O3/c1-10-3-2-4-14-12(10)13(19)16-7-5-15(6-8-16)9-11(17)18/h2-4H,5-9H2,1H3,(H,17,18). The lowest BCUT2D eigenvalue weighted by Crippen LogP contribution is -2.50. The molecule has 19 heavy (non-hydrogen) atoms. The van der Waals surface area contributed by atoms with E-state index in [9.17, 15) is 9.59 Å². The number of aliphatic carboxylic acids is 1. The summed E-state index contributed by atoms with van der Waals surface area (Å²) in [6.07, 6.45) is 1.61. The van der Waals surface area contributed by atoms with E-state index in [0.717, 1.165) is 5.56 Å². The van der Waals surface area contributed by atoms with Crippen LogP contribution in [0.3, 0.4) is 0 Å².